The zero-order chi connectivity index (χ0) is 9.84. The number of nitrogens with one attached hydrogen (secondary N) is 1. The normalized spacial score (nSPS) is 10.2. The van der Waals surface area contributed by atoms with Crippen molar-refractivity contribution < 1.29 is 9.13 Å². The quantitative estimate of drug-likeness (QED) is 0.728. The predicted octanol–water partition coefficient (Wildman–Crippen LogP) is 1.85. The topological polar surface area (TPSA) is 34.1 Å². The van der Waals surface area contributed by atoms with Gasteiger partial charge in [0.05, 0.1) is 17.6 Å². The molecule has 0 bridgehead atoms. The van der Waals surface area contributed by atoms with Gasteiger partial charge in [0.25, 0.3) is 0 Å². The van der Waals surface area contributed by atoms with Gasteiger partial charge in [-0.3, -0.25) is 4.98 Å². The van der Waals surface area contributed by atoms with Crippen molar-refractivity contribution in [2.24, 2.45) is 0 Å². The maximum atomic E-state index is 13.0. The van der Waals surface area contributed by atoms with E-state index in [1.54, 1.807) is 14.0 Å². The van der Waals surface area contributed by atoms with E-state index in [9.17, 15) is 4.39 Å². The Morgan fingerprint density at radius 2 is 2.23 bits per heavy atom. The Morgan fingerprint density at radius 3 is 2.85 bits per heavy atom. The molecule has 0 fully saturated rings. The summed E-state index contributed by atoms with van der Waals surface area (Å²) in [5, 5.41) is 2.95. The first-order chi connectivity index (χ1) is 6.16. The van der Waals surface area contributed by atoms with E-state index in [1.807, 2.05) is 6.92 Å². The van der Waals surface area contributed by atoms with Crippen molar-refractivity contribution in [3.8, 4) is 0 Å². The highest BCUT2D eigenvalue weighted by Crippen LogP contribution is 2.19. The van der Waals surface area contributed by atoms with Crippen LogP contribution in [0.15, 0.2) is 6.20 Å². The summed E-state index contributed by atoms with van der Waals surface area (Å²) >= 11 is 0. The third-order valence-electron chi connectivity index (χ3n) is 1.86. The number of rotatable bonds is 3. The van der Waals surface area contributed by atoms with E-state index in [2.05, 4.69) is 10.3 Å². The molecular weight excluding hydrogens is 171 g/mol. The van der Waals surface area contributed by atoms with Crippen molar-refractivity contribution in [3.63, 3.8) is 0 Å². The van der Waals surface area contributed by atoms with Crippen molar-refractivity contribution >= 4 is 5.69 Å². The summed E-state index contributed by atoms with van der Waals surface area (Å²) in [6.07, 6.45) is 1.22. The van der Waals surface area contributed by atoms with Gasteiger partial charge in [-0.05, 0) is 13.8 Å². The maximum Gasteiger partial charge on any atom is 0.146 e. The molecule has 0 unspecified atom stereocenters. The van der Waals surface area contributed by atoms with Crippen LogP contribution in [0.3, 0.4) is 0 Å². The van der Waals surface area contributed by atoms with Crippen molar-refractivity contribution in [2.75, 3.05) is 19.2 Å². The molecule has 0 atom stereocenters. The van der Waals surface area contributed by atoms with Crippen LogP contribution in [-0.2, 0) is 4.74 Å². The Morgan fingerprint density at radius 1 is 1.54 bits per heavy atom. The van der Waals surface area contributed by atoms with Gasteiger partial charge in [0.1, 0.15) is 12.5 Å². The van der Waals surface area contributed by atoms with Gasteiger partial charge in [-0.1, -0.05) is 0 Å². The molecule has 0 spiro atoms. The molecule has 1 rings (SSSR count). The molecule has 0 aliphatic carbocycles. The first kappa shape index (κ1) is 9.92. The zero-order valence-electron chi connectivity index (χ0n) is 8.02. The van der Waals surface area contributed by atoms with Crippen LogP contribution < -0.4 is 5.32 Å². The second-order valence-corrected chi connectivity index (χ2v) is 2.80. The molecule has 0 amide bonds. The van der Waals surface area contributed by atoms with Gasteiger partial charge in [-0.2, -0.15) is 0 Å². The number of methoxy groups -OCH3 is 1. The van der Waals surface area contributed by atoms with E-state index in [4.69, 9.17) is 4.74 Å². The molecule has 1 N–H and O–H groups in total. The van der Waals surface area contributed by atoms with Crippen LogP contribution in [0.2, 0.25) is 0 Å². The molecule has 0 radical (unpaired) electrons. The number of aromatic nitrogens is 1. The largest absolute Gasteiger partial charge is 0.365 e. The molecule has 4 heteroatoms. The molecule has 1 heterocycles. The van der Waals surface area contributed by atoms with Crippen molar-refractivity contribution in [1.29, 1.82) is 0 Å². The predicted molar refractivity (Wildman–Crippen MR) is 49.2 cm³/mol. The monoisotopic (exact) mass is 184 g/mol. The summed E-state index contributed by atoms with van der Waals surface area (Å²) in [4.78, 5) is 3.90. The van der Waals surface area contributed by atoms with E-state index in [1.165, 1.54) is 6.20 Å². The fraction of sp³-hybridized carbons (Fsp3) is 0.444. The average Bonchev–Trinajstić information content (AvgIpc) is 2.12. The standard InChI is InChI=1S/C9H13FN2O/c1-6-8(10)4-11-7(2)9(6)12-5-13-3/h4,12H,5H2,1-3H3. The van der Waals surface area contributed by atoms with Crippen LogP contribution in [-0.4, -0.2) is 18.8 Å². The summed E-state index contributed by atoms with van der Waals surface area (Å²) < 4.78 is 17.9. The smallest absolute Gasteiger partial charge is 0.146 e. The number of nitrogens with zero attached hydrogens (tertiary/aromatic N) is 1. The lowest BCUT2D eigenvalue weighted by molar-refractivity contribution is 0.221. The number of anilines is 1. The highest BCUT2D eigenvalue weighted by molar-refractivity contribution is 5.53. The minimum Gasteiger partial charge on any atom is -0.365 e. The van der Waals surface area contributed by atoms with Crippen LogP contribution in [0.25, 0.3) is 0 Å². The second kappa shape index (κ2) is 4.18. The Bertz CT molecular complexity index is 302. The SMILES string of the molecule is COCNc1c(C)ncc(F)c1C. The molecule has 0 aliphatic heterocycles. The number of halogens is 1. The van der Waals surface area contributed by atoms with E-state index in [0.29, 0.717) is 18.0 Å². The van der Waals surface area contributed by atoms with E-state index >= 15 is 0 Å². The minimum atomic E-state index is -0.302. The number of hydrogen-bond donors (Lipinski definition) is 1. The summed E-state index contributed by atoms with van der Waals surface area (Å²) in [6.45, 7) is 3.89. The van der Waals surface area contributed by atoms with Crippen molar-refractivity contribution in [2.45, 2.75) is 13.8 Å². The third-order valence-corrected chi connectivity index (χ3v) is 1.86. The molecule has 0 saturated heterocycles. The molecule has 0 aromatic carbocycles. The first-order valence-electron chi connectivity index (χ1n) is 4.01. The molecule has 1 aromatic heterocycles. The van der Waals surface area contributed by atoms with Crippen LogP contribution in [0.4, 0.5) is 10.1 Å². The van der Waals surface area contributed by atoms with Crippen LogP contribution in [0, 0.1) is 19.7 Å². The molecule has 72 valence electrons. The van der Waals surface area contributed by atoms with Gasteiger partial charge in [-0.15, -0.1) is 0 Å². The van der Waals surface area contributed by atoms with Crippen molar-refractivity contribution in [3.05, 3.63) is 23.3 Å². The number of pyridine rings is 1. The summed E-state index contributed by atoms with van der Waals surface area (Å²) in [5.41, 5.74) is 2.06. The Balaban J connectivity index is 2.96. The average molecular weight is 184 g/mol. The first-order valence-corrected chi connectivity index (χ1v) is 4.01. The summed E-state index contributed by atoms with van der Waals surface area (Å²) in [7, 11) is 1.57. The van der Waals surface area contributed by atoms with Gasteiger partial charge in [0, 0.05) is 12.7 Å². The Labute approximate surface area is 76.9 Å². The molecule has 3 nitrogen and oxygen atoms in total. The van der Waals surface area contributed by atoms with Crippen LogP contribution in [0.5, 0.6) is 0 Å². The minimum absolute atomic E-state index is 0.302. The molecule has 1 aromatic rings. The molecule has 13 heavy (non-hydrogen) atoms. The number of hydrogen-bond acceptors (Lipinski definition) is 3. The lowest BCUT2D eigenvalue weighted by atomic mass is 10.2. The van der Waals surface area contributed by atoms with Gasteiger partial charge >= 0.3 is 0 Å². The third kappa shape index (κ3) is 2.15. The lowest BCUT2D eigenvalue weighted by Crippen LogP contribution is -2.08. The highest BCUT2D eigenvalue weighted by atomic mass is 19.1. The Kier molecular flexibility index (Phi) is 3.19. The molecule has 0 aliphatic rings. The molecule has 0 saturated carbocycles. The van der Waals surface area contributed by atoms with E-state index < -0.39 is 0 Å². The zero-order valence-corrected chi connectivity index (χ0v) is 8.02. The van der Waals surface area contributed by atoms with Gasteiger partial charge < -0.3 is 10.1 Å². The molecular formula is C9H13FN2O. The Hall–Kier alpha value is -1.16. The van der Waals surface area contributed by atoms with Gasteiger partial charge in [-0.25, -0.2) is 4.39 Å². The van der Waals surface area contributed by atoms with Gasteiger partial charge in [0.15, 0.2) is 0 Å². The number of ether oxygens (including phenoxy) is 1. The number of aryl methyl sites for hydroxylation is 1. The fourth-order valence-corrected chi connectivity index (χ4v) is 1.11. The van der Waals surface area contributed by atoms with Crippen LogP contribution >= 0.6 is 0 Å². The van der Waals surface area contributed by atoms with E-state index in [0.717, 1.165) is 5.69 Å². The van der Waals surface area contributed by atoms with E-state index in [-0.39, 0.29) is 5.82 Å². The highest BCUT2D eigenvalue weighted by Gasteiger charge is 2.07. The second-order valence-electron chi connectivity index (χ2n) is 2.80. The maximum absolute atomic E-state index is 13.0. The summed E-state index contributed by atoms with van der Waals surface area (Å²) in [6, 6.07) is 0. The lowest BCUT2D eigenvalue weighted by Gasteiger charge is -2.11. The fourth-order valence-electron chi connectivity index (χ4n) is 1.11. The summed E-state index contributed by atoms with van der Waals surface area (Å²) in [5.74, 6) is -0.302. The van der Waals surface area contributed by atoms with Crippen molar-refractivity contribution in [1.82, 2.24) is 4.98 Å². The van der Waals surface area contributed by atoms with Gasteiger partial charge in [0.2, 0.25) is 0 Å². The van der Waals surface area contributed by atoms with Crippen LogP contribution in [0.1, 0.15) is 11.3 Å².